The molecule has 0 aliphatic carbocycles. The SMILES string of the molecule is CC(C)Oc1cc(OCC2=NOC(C)C2)cc(C(=O)Nc2nccs2)c1. The van der Waals surface area contributed by atoms with Gasteiger partial charge in [-0.3, -0.25) is 10.1 Å². The van der Waals surface area contributed by atoms with Crippen LogP contribution in [-0.2, 0) is 4.84 Å². The zero-order valence-corrected chi connectivity index (χ0v) is 15.7. The van der Waals surface area contributed by atoms with Crippen molar-refractivity contribution >= 4 is 28.1 Å². The highest BCUT2D eigenvalue weighted by molar-refractivity contribution is 7.13. The monoisotopic (exact) mass is 375 g/mol. The van der Waals surface area contributed by atoms with Gasteiger partial charge in [-0.05, 0) is 32.9 Å². The Hall–Kier alpha value is -2.61. The molecule has 1 unspecified atom stereocenters. The fourth-order valence-electron chi connectivity index (χ4n) is 2.40. The Labute approximate surface area is 156 Å². The lowest BCUT2D eigenvalue weighted by molar-refractivity contribution is 0.0994. The fourth-order valence-corrected chi connectivity index (χ4v) is 2.93. The molecular formula is C18H21N3O4S. The Morgan fingerprint density at radius 2 is 2.19 bits per heavy atom. The van der Waals surface area contributed by atoms with E-state index in [2.05, 4.69) is 15.5 Å². The minimum atomic E-state index is -0.269. The molecule has 1 aliphatic rings. The van der Waals surface area contributed by atoms with Gasteiger partial charge in [0.25, 0.3) is 5.91 Å². The summed E-state index contributed by atoms with van der Waals surface area (Å²) >= 11 is 1.36. The van der Waals surface area contributed by atoms with E-state index in [1.165, 1.54) is 11.3 Å². The number of anilines is 1. The van der Waals surface area contributed by atoms with E-state index in [1.807, 2.05) is 20.8 Å². The first-order chi connectivity index (χ1) is 12.5. The Kier molecular flexibility index (Phi) is 5.72. The second-order valence-electron chi connectivity index (χ2n) is 6.22. The summed E-state index contributed by atoms with van der Waals surface area (Å²) in [6.07, 6.45) is 2.43. The second-order valence-corrected chi connectivity index (χ2v) is 7.11. The molecule has 2 heterocycles. The third-order valence-corrected chi connectivity index (χ3v) is 4.15. The van der Waals surface area contributed by atoms with Gasteiger partial charge in [0.2, 0.25) is 0 Å². The minimum absolute atomic E-state index is 0.0198. The van der Waals surface area contributed by atoms with Crippen LogP contribution in [0, 0.1) is 0 Å². The average molecular weight is 375 g/mol. The molecule has 7 nitrogen and oxygen atoms in total. The highest BCUT2D eigenvalue weighted by Gasteiger charge is 2.18. The van der Waals surface area contributed by atoms with E-state index in [4.69, 9.17) is 14.3 Å². The van der Waals surface area contributed by atoms with Crippen LogP contribution in [0.1, 0.15) is 37.6 Å². The summed E-state index contributed by atoms with van der Waals surface area (Å²) in [6, 6.07) is 5.13. The molecule has 1 N–H and O–H groups in total. The number of thiazole rings is 1. The number of amides is 1. The highest BCUT2D eigenvalue weighted by atomic mass is 32.1. The average Bonchev–Trinajstić information content (AvgIpc) is 3.24. The predicted octanol–water partition coefficient (Wildman–Crippen LogP) is 3.73. The lowest BCUT2D eigenvalue weighted by atomic mass is 10.2. The number of carbonyl (C=O) groups excluding carboxylic acids is 1. The maximum atomic E-state index is 12.5. The first kappa shape index (κ1) is 18.2. The molecule has 8 heteroatoms. The van der Waals surface area contributed by atoms with Crippen LogP contribution in [0.4, 0.5) is 5.13 Å². The first-order valence-electron chi connectivity index (χ1n) is 8.36. The van der Waals surface area contributed by atoms with Crippen molar-refractivity contribution < 1.29 is 19.1 Å². The first-order valence-corrected chi connectivity index (χ1v) is 9.24. The van der Waals surface area contributed by atoms with Crippen molar-refractivity contribution in [2.24, 2.45) is 5.16 Å². The van der Waals surface area contributed by atoms with Crippen LogP contribution in [0.2, 0.25) is 0 Å². The number of hydrogen-bond acceptors (Lipinski definition) is 7. The molecule has 2 aromatic rings. The van der Waals surface area contributed by atoms with Gasteiger partial charge in [-0.15, -0.1) is 11.3 Å². The standard InChI is InChI=1S/C18H21N3O4S/c1-11(2)24-16-8-13(17(22)20-18-19-4-5-26-18)7-15(9-16)23-10-14-6-12(3)25-21-14/h4-5,7-9,11-12H,6,10H2,1-3H3,(H,19,20,22). The number of carbonyl (C=O) groups is 1. The lowest BCUT2D eigenvalue weighted by Gasteiger charge is -2.14. The van der Waals surface area contributed by atoms with Crippen molar-refractivity contribution in [2.45, 2.75) is 39.4 Å². The highest BCUT2D eigenvalue weighted by Crippen LogP contribution is 2.25. The maximum absolute atomic E-state index is 12.5. The summed E-state index contributed by atoms with van der Waals surface area (Å²) in [6.45, 7) is 6.11. The van der Waals surface area contributed by atoms with E-state index >= 15 is 0 Å². The van der Waals surface area contributed by atoms with Gasteiger partial charge in [-0.2, -0.15) is 0 Å². The summed E-state index contributed by atoms with van der Waals surface area (Å²) < 4.78 is 11.5. The number of rotatable bonds is 7. The number of hydrogen-bond donors (Lipinski definition) is 1. The normalized spacial score (nSPS) is 16.2. The number of oxime groups is 1. The molecule has 0 spiro atoms. The third kappa shape index (κ3) is 4.95. The predicted molar refractivity (Wildman–Crippen MR) is 100 cm³/mol. The summed E-state index contributed by atoms with van der Waals surface area (Å²) in [5, 5.41) is 9.09. The number of ether oxygens (including phenoxy) is 2. The van der Waals surface area contributed by atoms with Crippen LogP contribution >= 0.6 is 11.3 Å². The fraction of sp³-hybridized carbons (Fsp3) is 0.389. The zero-order valence-electron chi connectivity index (χ0n) is 14.9. The van der Waals surface area contributed by atoms with Crippen LogP contribution < -0.4 is 14.8 Å². The van der Waals surface area contributed by atoms with Crippen LogP contribution in [0.3, 0.4) is 0 Å². The Morgan fingerprint density at radius 3 is 2.85 bits per heavy atom. The van der Waals surface area contributed by atoms with Gasteiger partial charge < -0.3 is 14.3 Å². The summed E-state index contributed by atoms with van der Waals surface area (Å²) in [7, 11) is 0. The summed E-state index contributed by atoms with van der Waals surface area (Å²) in [5.41, 5.74) is 1.27. The van der Waals surface area contributed by atoms with Crippen molar-refractivity contribution in [1.29, 1.82) is 0 Å². The molecule has 0 fully saturated rings. The van der Waals surface area contributed by atoms with Gasteiger partial charge in [0.1, 0.15) is 24.2 Å². The van der Waals surface area contributed by atoms with E-state index in [1.54, 1.807) is 29.8 Å². The lowest BCUT2D eigenvalue weighted by Crippen LogP contribution is -2.15. The number of aromatic nitrogens is 1. The molecule has 0 bridgehead atoms. The van der Waals surface area contributed by atoms with Crippen molar-refractivity contribution in [2.75, 3.05) is 11.9 Å². The van der Waals surface area contributed by atoms with Gasteiger partial charge in [0.15, 0.2) is 5.13 Å². The van der Waals surface area contributed by atoms with Crippen LogP contribution in [0.5, 0.6) is 11.5 Å². The van der Waals surface area contributed by atoms with E-state index in [9.17, 15) is 4.79 Å². The second kappa shape index (κ2) is 8.18. The minimum Gasteiger partial charge on any atom is -0.491 e. The number of nitrogens with one attached hydrogen (secondary N) is 1. The van der Waals surface area contributed by atoms with Crippen molar-refractivity contribution in [1.82, 2.24) is 4.98 Å². The quantitative estimate of drug-likeness (QED) is 0.797. The molecule has 1 aromatic heterocycles. The molecule has 3 rings (SSSR count). The van der Waals surface area contributed by atoms with Gasteiger partial charge in [-0.25, -0.2) is 4.98 Å². The van der Waals surface area contributed by atoms with Gasteiger partial charge in [0.05, 0.1) is 11.8 Å². The van der Waals surface area contributed by atoms with E-state index in [0.717, 1.165) is 12.1 Å². The molecule has 26 heavy (non-hydrogen) atoms. The smallest absolute Gasteiger partial charge is 0.257 e. The summed E-state index contributed by atoms with van der Waals surface area (Å²) in [4.78, 5) is 21.7. The van der Waals surface area contributed by atoms with Gasteiger partial charge in [0, 0.05) is 29.6 Å². The molecule has 1 aliphatic heterocycles. The molecule has 0 saturated heterocycles. The van der Waals surface area contributed by atoms with Crippen molar-refractivity contribution in [3.63, 3.8) is 0 Å². The third-order valence-electron chi connectivity index (χ3n) is 3.46. The zero-order chi connectivity index (χ0) is 18.5. The Bertz CT molecular complexity index is 790. The topological polar surface area (TPSA) is 82.0 Å². The molecule has 0 saturated carbocycles. The molecular weight excluding hydrogens is 354 g/mol. The number of benzene rings is 1. The van der Waals surface area contributed by atoms with Crippen LogP contribution in [0.15, 0.2) is 34.9 Å². The Balaban J connectivity index is 1.75. The van der Waals surface area contributed by atoms with Gasteiger partial charge in [-0.1, -0.05) is 5.16 Å². The number of nitrogens with zero attached hydrogens (tertiary/aromatic N) is 2. The molecule has 1 amide bonds. The maximum Gasteiger partial charge on any atom is 0.257 e. The van der Waals surface area contributed by atoms with Crippen molar-refractivity contribution in [3.05, 3.63) is 35.3 Å². The largest absolute Gasteiger partial charge is 0.491 e. The van der Waals surface area contributed by atoms with E-state index < -0.39 is 0 Å². The molecule has 1 aromatic carbocycles. The molecule has 1 atom stereocenters. The van der Waals surface area contributed by atoms with Gasteiger partial charge >= 0.3 is 0 Å². The summed E-state index contributed by atoms with van der Waals surface area (Å²) in [5.74, 6) is 0.837. The van der Waals surface area contributed by atoms with Crippen LogP contribution in [-0.4, -0.2) is 35.4 Å². The molecule has 138 valence electrons. The molecule has 0 radical (unpaired) electrons. The van der Waals surface area contributed by atoms with Crippen LogP contribution in [0.25, 0.3) is 0 Å². The van der Waals surface area contributed by atoms with E-state index in [0.29, 0.717) is 28.8 Å². The van der Waals surface area contributed by atoms with E-state index in [-0.39, 0.29) is 18.1 Å². The Morgan fingerprint density at radius 1 is 1.38 bits per heavy atom. The van der Waals surface area contributed by atoms with Crippen molar-refractivity contribution in [3.8, 4) is 11.5 Å².